The van der Waals surface area contributed by atoms with Crippen LogP contribution in [0.25, 0.3) is 0 Å². The second-order valence-corrected chi connectivity index (χ2v) is 4.36. The average molecular weight is 298 g/mol. The molecule has 0 bridgehead atoms. The Labute approximate surface area is 126 Å². The smallest absolute Gasteiger partial charge is 0.270 e. The first kappa shape index (κ1) is 15.2. The second kappa shape index (κ2) is 7.53. The number of nitro benzene ring substituents is 1. The van der Waals surface area contributed by atoms with Crippen LogP contribution in [0.4, 0.5) is 11.4 Å². The first-order valence-electron chi connectivity index (χ1n) is 6.50. The van der Waals surface area contributed by atoms with Gasteiger partial charge in [0.2, 0.25) is 0 Å². The normalized spacial score (nSPS) is 10.4. The molecule has 0 fully saturated rings. The molecule has 0 aliphatic heterocycles. The van der Waals surface area contributed by atoms with E-state index in [0.717, 1.165) is 5.69 Å². The summed E-state index contributed by atoms with van der Waals surface area (Å²) < 4.78 is 0. The molecule has 0 spiro atoms. The van der Waals surface area contributed by atoms with E-state index in [2.05, 4.69) is 15.8 Å². The fraction of sp³-hybridized carbons (Fsp3) is 0.0667. The Morgan fingerprint density at radius 2 is 1.95 bits per heavy atom. The number of nitro groups is 1. The van der Waals surface area contributed by atoms with Crippen molar-refractivity contribution in [2.45, 2.75) is 0 Å². The van der Waals surface area contributed by atoms with Gasteiger partial charge >= 0.3 is 0 Å². The minimum Gasteiger partial charge on any atom is -0.376 e. The van der Waals surface area contributed by atoms with E-state index in [1.807, 2.05) is 30.3 Å². The molecular weight excluding hydrogens is 284 g/mol. The number of hydrogen-bond donors (Lipinski definition) is 2. The SMILES string of the molecule is O=C(CNc1ccccc1)N/N=C\c1cccc([N+](=O)[O-])c1. The third-order valence-electron chi connectivity index (χ3n) is 2.71. The van der Waals surface area contributed by atoms with Crippen molar-refractivity contribution in [3.63, 3.8) is 0 Å². The van der Waals surface area contributed by atoms with Crippen LogP contribution in [0.3, 0.4) is 0 Å². The Kier molecular flexibility index (Phi) is 5.20. The summed E-state index contributed by atoms with van der Waals surface area (Å²) in [6.07, 6.45) is 1.35. The fourth-order valence-electron chi connectivity index (χ4n) is 1.68. The molecule has 0 aliphatic rings. The van der Waals surface area contributed by atoms with Gasteiger partial charge in [-0.1, -0.05) is 30.3 Å². The van der Waals surface area contributed by atoms with Gasteiger partial charge in [-0.05, 0) is 12.1 Å². The van der Waals surface area contributed by atoms with Crippen LogP contribution in [-0.2, 0) is 4.79 Å². The molecule has 2 rings (SSSR count). The van der Waals surface area contributed by atoms with Crippen molar-refractivity contribution in [1.29, 1.82) is 0 Å². The second-order valence-electron chi connectivity index (χ2n) is 4.36. The van der Waals surface area contributed by atoms with Crippen LogP contribution in [0.5, 0.6) is 0 Å². The zero-order valence-corrected chi connectivity index (χ0v) is 11.6. The predicted molar refractivity (Wildman–Crippen MR) is 83.8 cm³/mol. The summed E-state index contributed by atoms with van der Waals surface area (Å²) in [7, 11) is 0. The third-order valence-corrected chi connectivity index (χ3v) is 2.71. The van der Waals surface area contributed by atoms with Gasteiger partial charge < -0.3 is 5.32 Å². The van der Waals surface area contributed by atoms with Crippen molar-refractivity contribution in [2.75, 3.05) is 11.9 Å². The van der Waals surface area contributed by atoms with Crippen molar-refractivity contribution in [2.24, 2.45) is 5.10 Å². The maximum atomic E-state index is 11.6. The number of benzene rings is 2. The molecule has 22 heavy (non-hydrogen) atoms. The van der Waals surface area contributed by atoms with Gasteiger partial charge in [-0.25, -0.2) is 5.43 Å². The van der Waals surface area contributed by atoms with Crippen LogP contribution < -0.4 is 10.7 Å². The molecule has 0 saturated carbocycles. The summed E-state index contributed by atoms with van der Waals surface area (Å²) in [4.78, 5) is 21.7. The number of hydrogen-bond acceptors (Lipinski definition) is 5. The maximum absolute atomic E-state index is 11.6. The molecule has 7 nitrogen and oxygen atoms in total. The number of hydrazone groups is 1. The largest absolute Gasteiger partial charge is 0.376 e. The molecule has 0 aromatic heterocycles. The van der Waals surface area contributed by atoms with E-state index in [-0.39, 0.29) is 18.1 Å². The van der Waals surface area contributed by atoms with Crippen LogP contribution in [0.2, 0.25) is 0 Å². The van der Waals surface area contributed by atoms with Gasteiger partial charge in [0.15, 0.2) is 0 Å². The number of anilines is 1. The molecule has 0 aliphatic carbocycles. The minimum atomic E-state index is -0.486. The summed E-state index contributed by atoms with van der Waals surface area (Å²) >= 11 is 0. The summed E-state index contributed by atoms with van der Waals surface area (Å²) in [6.45, 7) is 0.0797. The van der Waals surface area contributed by atoms with Crippen molar-refractivity contribution in [1.82, 2.24) is 5.43 Å². The summed E-state index contributed by atoms with van der Waals surface area (Å²) in [5.41, 5.74) is 3.69. The predicted octanol–water partition coefficient (Wildman–Crippen LogP) is 2.16. The summed E-state index contributed by atoms with van der Waals surface area (Å²) in [5.74, 6) is -0.314. The number of nitrogens with zero attached hydrogens (tertiary/aromatic N) is 2. The first-order chi connectivity index (χ1) is 10.6. The average Bonchev–Trinajstić information content (AvgIpc) is 2.54. The number of rotatable bonds is 6. The van der Waals surface area contributed by atoms with E-state index in [1.165, 1.54) is 18.3 Å². The topological polar surface area (TPSA) is 96.6 Å². The van der Waals surface area contributed by atoms with Crippen molar-refractivity contribution in [3.05, 3.63) is 70.3 Å². The highest BCUT2D eigenvalue weighted by molar-refractivity contribution is 5.84. The van der Waals surface area contributed by atoms with Gasteiger partial charge in [-0.2, -0.15) is 5.10 Å². The van der Waals surface area contributed by atoms with E-state index in [1.54, 1.807) is 12.1 Å². The number of non-ortho nitro benzene ring substituents is 1. The van der Waals surface area contributed by atoms with Crippen molar-refractivity contribution in [3.8, 4) is 0 Å². The van der Waals surface area contributed by atoms with Gasteiger partial charge in [-0.15, -0.1) is 0 Å². The molecule has 1 amide bonds. The Morgan fingerprint density at radius 1 is 1.18 bits per heavy atom. The lowest BCUT2D eigenvalue weighted by Gasteiger charge is -2.04. The number of carbonyl (C=O) groups is 1. The lowest BCUT2D eigenvalue weighted by molar-refractivity contribution is -0.384. The first-order valence-corrected chi connectivity index (χ1v) is 6.50. The van der Waals surface area contributed by atoms with E-state index >= 15 is 0 Å². The van der Waals surface area contributed by atoms with Gasteiger partial charge in [-0.3, -0.25) is 14.9 Å². The molecule has 0 saturated heterocycles. The van der Waals surface area contributed by atoms with E-state index in [9.17, 15) is 14.9 Å². The van der Waals surface area contributed by atoms with Crippen LogP contribution >= 0.6 is 0 Å². The van der Waals surface area contributed by atoms with Gasteiger partial charge in [0.25, 0.3) is 11.6 Å². The molecule has 0 radical (unpaired) electrons. The molecule has 0 heterocycles. The zero-order chi connectivity index (χ0) is 15.8. The quantitative estimate of drug-likeness (QED) is 0.485. The standard InChI is InChI=1S/C15H14N4O3/c20-15(11-16-13-6-2-1-3-7-13)18-17-10-12-5-4-8-14(9-12)19(21)22/h1-10,16H,11H2,(H,18,20)/b17-10-. The number of carbonyl (C=O) groups excluding carboxylic acids is 1. The van der Waals surface area contributed by atoms with Gasteiger partial charge in [0.1, 0.15) is 0 Å². The molecule has 2 N–H and O–H groups in total. The number of amides is 1. The molecule has 7 heteroatoms. The zero-order valence-electron chi connectivity index (χ0n) is 11.6. The minimum absolute atomic E-state index is 0.0268. The Hall–Kier alpha value is -3.22. The molecule has 0 unspecified atom stereocenters. The van der Waals surface area contributed by atoms with Crippen LogP contribution in [-0.4, -0.2) is 23.6 Å². The molecule has 112 valence electrons. The Morgan fingerprint density at radius 3 is 2.68 bits per heavy atom. The highest BCUT2D eigenvalue weighted by atomic mass is 16.6. The molecule has 0 atom stereocenters. The van der Waals surface area contributed by atoms with Crippen LogP contribution in [0.15, 0.2) is 59.7 Å². The summed E-state index contributed by atoms with van der Waals surface area (Å²) in [6, 6.07) is 15.3. The van der Waals surface area contributed by atoms with E-state index in [4.69, 9.17) is 0 Å². The Bertz CT molecular complexity index is 686. The third kappa shape index (κ3) is 4.71. The van der Waals surface area contributed by atoms with Crippen molar-refractivity contribution < 1.29 is 9.72 Å². The van der Waals surface area contributed by atoms with E-state index < -0.39 is 4.92 Å². The lowest BCUT2D eigenvalue weighted by Crippen LogP contribution is -2.25. The van der Waals surface area contributed by atoms with Gasteiger partial charge in [0, 0.05) is 23.4 Å². The van der Waals surface area contributed by atoms with Crippen LogP contribution in [0, 0.1) is 10.1 Å². The number of para-hydroxylation sites is 1. The number of nitrogens with one attached hydrogen (secondary N) is 2. The highest BCUT2D eigenvalue weighted by Crippen LogP contribution is 2.11. The van der Waals surface area contributed by atoms with Crippen molar-refractivity contribution >= 4 is 23.5 Å². The summed E-state index contributed by atoms with van der Waals surface area (Å²) in [5, 5.41) is 17.3. The Balaban J connectivity index is 1.83. The van der Waals surface area contributed by atoms with E-state index in [0.29, 0.717) is 5.56 Å². The lowest BCUT2D eigenvalue weighted by atomic mass is 10.2. The molecule has 2 aromatic carbocycles. The van der Waals surface area contributed by atoms with Crippen LogP contribution in [0.1, 0.15) is 5.56 Å². The maximum Gasteiger partial charge on any atom is 0.270 e. The van der Waals surface area contributed by atoms with Gasteiger partial charge in [0.05, 0.1) is 17.7 Å². The fourth-order valence-corrected chi connectivity index (χ4v) is 1.68. The molecule has 2 aromatic rings. The molecular formula is C15H14N4O3. The highest BCUT2D eigenvalue weighted by Gasteiger charge is 2.04. The monoisotopic (exact) mass is 298 g/mol.